The number of aliphatic hydroxyl groups excluding tert-OH is 1. The van der Waals surface area contributed by atoms with Crippen LogP contribution in [-0.2, 0) is 10.0 Å². The van der Waals surface area contributed by atoms with Crippen molar-refractivity contribution in [2.45, 2.75) is 13.0 Å². The molecule has 1 atom stereocenters. The number of hydrogen-bond donors (Lipinski definition) is 2. The molecule has 1 fully saturated rings. The van der Waals surface area contributed by atoms with Crippen LogP contribution in [0.4, 0.5) is 0 Å². The second kappa shape index (κ2) is 6.21. The van der Waals surface area contributed by atoms with Crippen molar-refractivity contribution in [2.75, 3.05) is 25.4 Å². The van der Waals surface area contributed by atoms with Gasteiger partial charge >= 0.3 is 0 Å². The number of hydrogen-bond acceptors (Lipinski definition) is 5. The third kappa shape index (κ3) is 4.02. The number of carbonyl (C=O) groups is 1. The van der Waals surface area contributed by atoms with Gasteiger partial charge in [0.25, 0.3) is 5.91 Å². The van der Waals surface area contributed by atoms with Crippen LogP contribution in [0.15, 0.2) is 17.5 Å². The molecular formula is C12H18N2O4S2. The number of aliphatic hydroxyl groups is 1. The van der Waals surface area contributed by atoms with E-state index in [1.54, 1.807) is 11.0 Å². The molecule has 0 spiro atoms. The molecule has 8 heteroatoms. The zero-order chi connectivity index (χ0) is 14.8. The first-order valence-electron chi connectivity index (χ1n) is 6.35. The van der Waals surface area contributed by atoms with E-state index >= 15 is 0 Å². The lowest BCUT2D eigenvalue weighted by Crippen LogP contribution is -2.53. The molecule has 2 N–H and O–H groups in total. The SMILES string of the molecule is C[C@H](O)CNS(=O)(=O)CC1CN(C(=O)c2cccs2)C1. The van der Waals surface area contributed by atoms with Crippen molar-refractivity contribution >= 4 is 27.3 Å². The maximum atomic E-state index is 12.0. The summed E-state index contributed by atoms with van der Waals surface area (Å²) in [5, 5.41) is 10.9. The van der Waals surface area contributed by atoms with E-state index < -0.39 is 16.1 Å². The van der Waals surface area contributed by atoms with E-state index in [0.717, 1.165) is 0 Å². The summed E-state index contributed by atoms with van der Waals surface area (Å²) >= 11 is 1.38. The highest BCUT2D eigenvalue weighted by Gasteiger charge is 2.34. The molecule has 20 heavy (non-hydrogen) atoms. The van der Waals surface area contributed by atoms with Crippen LogP contribution in [0.2, 0.25) is 0 Å². The molecular weight excluding hydrogens is 300 g/mol. The molecule has 0 unspecified atom stereocenters. The molecule has 0 saturated carbocycles. The minimum atomic E-state index is -3.39. The Morgan fingerprint density at radius 2 is 2.30 bits per heavy atom. The van der Waals surface area contributed by atoms with Crippen molar-refractivity contribution in [1.82, 2.24) is 9.62 Å². The van der Waals surface area contributed by atoms with Gasteiger partial charge in [-0.3, -0.25) is 4.79 Å². The van der Waals surface area contributed by atoms with Crippen molar-refractivity contribution in [2.24, 2.45) is 5.92 Å². The average Bonchev–Trinajstić information content (AvgIpc) is 2.84. The van der Waals surface area contributed by atoms with Gasteiger partial charge in [0.2, 0.25) is 10.0 Å². The van der Waals surface area contributed by atoms with Gasteiger partial charge in [-0.2, -0.15) is 0 Å². The summed E-state index contributed by atoms with van der Waals surface area (Å²) in [6, 6.07) is 3.58. The predicted octanol–water partition coefficient (Wildman–Crippen LogP) is 0.120. The number of carbonyl (C=O) groups excluding carboxylic acids is 1. The summed E-state index contributed by atoms with van der Waals surface area (Å²) in [5.41, 5.74) is 0. The van der Waals surface area contributed by atoms with Gasteiger partial charge in [-0.15, -0.1) is 11.3 Å². The quantitative estimate of drug-likeness (QED) is 0.780. The first kappa shape index (κ1) is 15.4. The molecule has 112 valence electrons. The van der Waals surface area contributed by atoms with Gasteiger partial charge in [-0.25, -0.2) is 13.1 Å². The summed E-state index contributed by atoms with van der Waals surface area (Å²) in [4.78, 5) is 14.3. The molecule has 2 heterocycles. The second-order valence-corrected chi connectivity index (χ2v) is 7.83. The molecule has 1 aromatic heterocycles. The fourth-order valence-electron chi connectivity index (χ4n) is 2.01. The average molecular weight is 318 g/mol. The number of thiophene rings is 1. The highest BCUT2D eigenvalue weighted by atomic mass is 32.2. The minimum absolute atomic E-state index is 0.00601. The highest BCUT2D eigenvalue weighted by Crippen LogP contribution is 2.21. The van der Waals surface area contributed by atoms with Gasteiger partial charge in [0, 0.05) is 25.6 Å². The molecule has 2 rings (SSSR count). The van der Waals surface area contributed by atoms with Crippen LogP contribution in [0.3, 0.4) is 0 Å². The summed E-state index contributed by atoms with van der Waals surface area (Å²) in [5.74, 6) is -0.0792. The lowest BCUT2D eigenvalue weighted by Gasteiger charge is -2.38. The monoisotopic (exact) mass is 318 g/mol. The Kier molecular flexibility index (Phi) is 4.79. The molecule has 0 bridgehead atoms. The van der Waals surface area contributed by atoms with Crippen molar-refractivity contribution < 1.29 is 18.3 Å². The standard InChI is InChI=1S/C12H18N2O4S2/c1-9(15)5-13-20(17,18)8-10-6-14(7-10)12(16)11-3-2-4-19-11/h2-4,9-10,13,15H,5-8H2,1H3/t9-/m0/s1. The van der Waals surface area contributed by atoms with Gasteiger partial charge in [-0.1, -0.05) is 6.07 Å². The third-order valence-corrected chi connectivity index (χ3v) is 5.40. The number of nitrogens with one attached hydrogen (secondary N) is 1. The number of likely N-dealkylation sites (tertiary alicyclic amines) is 1. The van der Waals surface area contributed by atoms with Crippen molar-refractivity contribution in [3.63, 3.8) is 0 Å². The van der Waals surface area contributed by atoms with Crippen molar-refractivity contribution in [3.8, 4) is 0 Å². The molecule has 0 radical (unpaired) electrons. The Labute approximate surface area is 122 Å². The largest absolute Gasteiger partial charge is 0.392 e. The van der Waals surface area contributed by atoms with Crippen molar-refractivity contribution in [1.29, 1.82) is 0 Å². The Balaban J connectivity index is 1.78. The van der Waals surface area contributed by atoms with Gasteiger partial charge in [0.15, 0.2) is 0 Å². The summed E-state index contributed by atoms with van der Waals surface area (Å²) in [7, 11) is -3.39. The molecule has 1 aliphatic rings. The number of amides is 1. The Bertz CT molecular complexity index is 548. The Morgan fingerprint density at radius 3 is 2.85 bits per heavy atom. The molecule has 6 nitrogen and oxygen atoms in total. The minimum Gasteiger partial charge on any atom is -0.392 e. The normalized spacial score (nSPS) is 17.8. The molecule has 1 aliphatic heterocycles. The zero-order valence-corrected chi connectivity index (χ0v) is 12.8. The number of nitrogens with zero attached hydrogens (tertiary/aromatic N) is 1. The number of rotatable bonds is 6. The maximum absolute atomic E-state index is 12.0. The van der Waals surface area contributed by atoms with E-state index in [-0.39, 0.29) is 24.1 Å². The van der Waals surface area contributed by atoms with Gasteiger partial charge in [-0.05, 0) is 18.4 Å². The smallest absolute Gasteiger partial charge is 0.263 e. The van der Waals surface area contributed by atoms with Crippen LogP contribution in [0.1, 0.15) is 16.6 Å². The maximum Gasteiger partial charge on any atom is 0.263 e. The third-order valence-electron chi connectivity index (χ3n) is 3.03. The highest BCUT2D eigenvalue weighted by molar-refractivity contribution is 7.89. The van der Waals surface area contributed by atoms with Crippen LogP contribution in [0, 0.1) is 5.92 Å². The predicted molar refractivity (Wildman–Crippen MR) is 77.2 cm³/mol. The molecule has 1 amide bonds. The topological polar surface area (TPSA) is 86.7 Å². The fourth-order valence-corrected chi connectivity index (χ4v) is 4.15. The second-order valence-electron chi connectivity index (χ2n) is 5.03. The first-order chi connectivity index (χ1) is 9.37. The zero-order valence-electron chi connectivity index (χ0n) is 11.2. The lowest BCUT2D eigenvalue weighted by atomic mass is 10.0. The van der Waals surface area contributed by atoms with E-state index in [2.05, 4.69) is 4.72 Å². The Morgan fingerprint density at radius 1 is 1.60 bits per heavy atom. The van der Waals surface area contributed by atoms with E-state index in [4.69, 9.17) is 5.11 Å². The van der Waals surface area contributed by atoms with Crippen LogP contribution in [0.5, 0.6) is 0 Å². The molecule has 1 aromatic rings. The van der Waals surface area contributed by atoms with E-state index in [1.807, 2.05) is 11.4 Å². The number of sulfonamides is 1. The Hall–Kier alpha value is -0.960. The van der Waals surface area contributed by atoms with Gasteiger partial charge < -0.3 is 10.0 Å². The van der Waals surface area contributed by atoms with Crippen LogP contribution < -0.4 is 4.72 Å². The van der Waals surface area contributed by atoms with E-state index in [0.29, 0.717) is 18.0 Å². The first-order valence-corrected chi connectivity index (χ1v) is 8.89. The lowest BCUT2D eigenvalue weighted by molar-refractivity contribution is 0.0539. The summed E-state index contributed by atoms with van der Waals surface area (Å²) in [6.45, 7) is 2.47. The van der Waals surface area contributed by atoms with E-state index in [9.17, 15) is 13.2 Å². The van der Waals surface area contributed by atoms with Crippen LogP contribution >= 0.6 is 11.3 Å². The summed E-state index contributed by atoms with van der Waals surface area (Å²) in [6.07, 6.45) is -0.705. The molecule has 1 saturated heterocycles. The van der Waals surface area contributed by atoms with Gasteiger partial charge in [0.05, 0.1) is 16.7 Å². The summed E-state index contributed by atoms with van der Waals surface area (Å²) < 4.78 is 25.8. The van der Waals surface area contributed by atoms with Gasteiger partial charge in [0.1, 0.15) is 0 Å². The molecule has 0 aromatic carbocycles. The van der Waals surface area contributed by atoms with Crippen LogP contribution in [-0.4, -0.2) is 55.8 Å². The van der Waals surface area contributed by atoms with E-state index in [1.165, 1.54) is 18.3 Å². The fraction of sp³-hybridized carbons (Fsp3) is 0.583. The molecule has 0 aliphatic carbocycles. The van der Waals surface area contributed by atoms with Crippen molar-refractivity contribution in [3.05, 3.63) is 22.4 Å². The van der Waals surface area contributed by atoms with Crippen LogP contribution in [0.25, 0.3) is 0 Å².